The van der Waals surface area contributed by atoms with Gasteiger partial charge in [0, 0.05) is 6.07 Å². The Morgan fingerprint density at radius 2 is 1.65 bits per heavy atom. The van der Waals surface area contributed by atoms with Gasteiger partial charge in [0.1, 0.15) is 11.5 Å². The number of ether oxygens (including phenoxy) is 2. The van der Waals surface area contributed by atoms with Crippen molar-refractivity contribution in [1.82, 2.24) is 5.32 Å². The zero-order valence-electron chi connectivity index (χ0n) is 17.2. The zero-order valence-corrected chi connectivity index (χ0v) is 18.1. The second-order valence-electron chi connectivity index (χ2n) is 6.80. The number of methoxy groups -OCH3 is 1. The molecule has 162 valence electrons. The van der Waals surface area contributed by atoms with Crippen molar-refractivity contribution in [2.45, 2.75) is 17.9 Å². The molecule has 0 aromatic heterocycles. The maximum absolute atomic E-state index is 12.6. The van der Waals surface area contributed by atoms with E-state index in [4.69, 9.17) is 9.47 Å². The predicted octanol–water partition coefficient (Wildman–Crippen LogP) is 3.75. The fourth-order valence-electron chi connectivity index (χ4n) is 2.87. The molecule has 7 nitrogen and oxygen atoms in total. The lowest BCUT2D eigenvalue weighted by molar-refractivity contribution is -0.123. The van der Waals surface area contributed by atoms with E-state index in [0.29, 0.717) is 17.2 Å². The van der Waals surface area contributed by atoms with Gasteiger partial charge in [0.05, 0.1) is 23.7 Å². The minimum Gasteiger partial charge on any atom is -0.497 e. The molecule has 8 heteroatoms. The summed E-state index contributed by atoms with van der Waals surface area (Å²) in [5, 5.41) is 2.86. The second-order valence-corrected chi connectivity index (χ2v) is 8.48. The van der Waals surface area contributed by atoms with Crippen LogP contribution in [0.1, 0.15) is 18.5 Å². The molecular formula is C23H24N2O5S. The van der Waals surface area contributed by atoms with Crippen molar-refractivity contribution in [2.24, 2.45) is 0 Å². The molecule has 1 amide bonds. The van der Waals surface area contributed by atoms with Crippen molar-refractivity contribution in [3.05, 3.63) is 84.4 Å². The van der Waals surface area contributed by atoms with Crippen LogP contribution in [0.3, 0.4) is 0 Å². The van der Waals surface area contributed by atoms with E-state index in [1.807, 2.05) is 37.3 Å². The Morgan fingerprint density at radius 3 is 2.32 bits per heavy atom. The van der Waals surface area contributed by atoms with Gasteiger partial charge in [-0.1, -0.05) is 36.4 Å². The summed E-state index contributed by atoms with van der Waals surface area (Å²) >= 11 is 0. The Bertz CT molecular complexity index is 1120. The first-order valence-electron chi connectivity index (χ1n) is 9.61. The van der Waals surface area contributed by atoms with E-state index in [1.54, 1.807) is 24.3 Å². The molecule has 0 aliphatic rings. The van der Waals surface area contributed by atoms with Crippen LogP contribution in [0.5, 0.6) is 11.5 Å². The lowest BCUT2D eigenvalue weighted by Crippen LogP contribution is -2.31. The highest BCUT2D eigenvalue weighted by atomic mass is 32.2. The van der Waals surface area contributed by atoms with Crippen LogP contribution < -0.4 is 19.5 Å². The molecule has 0 bridgehead atoms. The Hall–Kier alpha value is -3.52. The summed E-state index contributed by atoms with van der Waals surface area (Å²) in [5.41, 5.74) is 1.39. The molecule has 31 heavy (non-hydrogen) atoms. The summed E-state index contributed by atoms with van der Waals surface area (Å²) in [4.78, 5) is 12.2. The Kier molecular flexibility index (Phi) is 7.15. The molecule has 0 saturated heterocycles. The standard InChI is InChI=1S/C23H24N2O5S/c1-17(18-7-4-3-5-8-18)24-23(26)16-30-20-11-13-22(14-12-20)31(27,28)25-19-9-6-10-21(15-19)29-2/h3-15,17,25H,16H2,1-2H3,(H,24,26)/t17-/m1/s1. The minimum atomic E-state index is -3.77. The van der Waals surface area contributed by atoms with Crippen molar-refractivity contribution in [3.8, 4) is 11.5 Å². The van der Waals surface area contributed by atoms with Crippen LogP contribution in [0.15, 0.2) is 83.8 Å². The predicted molar refractivity (Wildman–Crippen MR) is 119 cm³/mol. The number of carbonyl (C=O) groups is 1. The van der Waals surface area contributed by atoms with E-state index < -0.39 is 10.0 Å². The Balaban J connectivity index is 1.56. The summed E-state index contributed by atoms with van der Waals surface area (Å²) in [6.45, 7) is 1.72. The largest absolute Gasteiger partial charge is 0.497 e. The van der Waals surface area contributed by atoms with Gasteiger partial charge in [-0.2, -0.15) is 0 Å². The molecule has 3 aromatic rings. The highest BCUT2D eigenvalue weighted by molar-refractivity contribution is 7.92. The summed E-state index contributed by atoms with van der Waals surface area (Å²) < 4.78 is 38.2. The molecule has 3 aromatic carbocycles. The third kappa shape index (κ3) is 6.23. The van der Waals surface area contributed by atoms with Gasteiger partial charge in [0.25, 0.3) is 15.9 Å². The van der Waals surface area contributed by atoms with Gasteiger partial charge in [-0.25, -0.2) is 8.42 Å². The van der Waals surface area contributed by atoms with Crippen molar-refractivity contribution in [1.29, 1.82) is 0 Å². The maximum atomic E-state index is 12.6. The lowest BCUT2D eigenvalue weighted by atomic mass is 10.1. The number of sulfonamides is 1. The van der Waals surface area contributed by atoms with Crippen LogP contribution in [0.2, 0.25) is 0 Å². The monoisotopic (exact) mass is 440 g/mol. The SMILES string of the molecule is COc1cccc(NS(=O)(=O)c2ccc(OCC(=O)N[C@H](C)c3ccccc3)cc2)c1. The van der Waals surface area contributed by atoms with E-state index in [0.717, 1.165) is 5.56 Å². The summed E-state index contributed by atoms with van der Waals surface area (Å²) in [5.74, 6) is 0.666. The average Bonchev–Trinajstić information content (AvgIpc) is 2.78. The first kappa shape index (κ1) is 22.2. The Morgan fingerprint density at radius 1 is 0.935 bits per heavy atom. The van der Waals surface area contributed by atoms with E-state index in [1.165, 1.54) is 31.4 Å². The number of nitrogens with one attached hydrogen (secondary N) is 2. The topological polar surface area (TPSA) is 93.7 Å². The molecule has 0 fully saturated rings. The van der Waals surface area contributed by atoms with Gasteiger partial charge in [0.2, 0.25) is 0 Å². The molecular weight excluding hydrogens is 416 g/mol. The smallest absolute Gasteiger partial charge is 0.261 e. The first-order valence-corrected chi connectivity index (χ1v) is 11.1. The highest BCUT2D eigenvalue weighted by Crippen LogP contribution is 2.22. The molecule has 0 radical (unpaired) electrons. The fourth-order valence-corrected chi connectivity index (χ4v) is 3.92. The molecule has 0 unspecified atom stereocenters. The summed E-state index contributed by atoms with van der Waals surface area (Å²) in [6.07, 6.45) is 0. The maximum Gasteiger partial charge on any atom is 0.261 e. The number of rotatable bonds is 9. The first-order chi connectivity index (χ1) is 14.9. The molecule has 0 aliphatic carbocycles. The van der Waals surface area contributed by atoms with Crippen LogP contribution in [-0.4, -0.2) is 28.0 Å². The van der Waals surface area contributed by atoms with E-state index >= 15 is 0 Å². The van der Waals surface area contributed by atoms with Crippen molar-refractivity contribution in [3.63, 3.8) is 0 Å². The number of amides is 1. The third-order valence-corrected chi connectivity index (χ3v) is 5.90. The van der Waals surface area contributed by atoms with Crippen LogP contribution in [0, 0.1) is 0 Å². The van der Waals surface area contributed by atoms with Gasteiger partial charge in [0.15, 0.2) is 6.61 Å². The van der Waals surface area contributed by atoms with Gasteiger partial charge in [-0.05, 0) is 48.9 Å². The molecule has 3 rings (SSSR count). The lowest BCUT2D eigenvalue weighted by Gasteiger charge is -2.15. The highest BCUT2D eigenvalue weighted by Gasteiger charge is 2.15. The van der Waals surface area contributed by atoms with Crippen LogP contribution in [0.25, 0.3) is 0 Å². The van der Waals surface area contributed by atoms with E-state index in [2.05, 4.69) is 10.0 Å². The molecule has 2 N–H and O–H groups in total. The number of benzene rings is 3. The van der Waals surface area contributed by atoms with Crippen LogP contribution in [-0.2, 0) is 14.8 Å². The second kappa shape index (κ2) is 9.99. The third-order valence-electron chi connectivity index (χ3n) is 4.50. The van der Waals surface area contributed by atoms with Gasteiger partial charge < -0.3 is 14.8 Å². The quantitative estimate of drug-likeness (QED) is 0.529. The molecule has 0 aliphatic heterocycles. The number of carbonyl (C=O) groups excluding carboxylic acids is 1. The minimum absolute atomic E-state index is 0.0739. The summed E-state index contributed by atoms with van der Waals surface area (Å²) in [7, 11) is -2.26. The molecule has 1 atom stereocenters. The van der Waals surface area contributed by atoms with Crippen molar-refractivity contribution >= 4 is 21.6 Å². The van der Waals surface area contributed by atoms with Crippen molar-refractivity contribution < 1.29 is 22.7 Å². The Labute approximate surface area is 182 Å². The van der Waals surface area contributed by atoms with Crippen LogP contribution in [0.4, 0.5) is 5.69 Å². The van der Waals surface area contributed by atoms with Gasteiger partial charge in [-0.15, -0.1) is 0 Å². The average molecular weight is 441 g/mol. The fraction of sp³-hybridized carbons (Fsp3) is 0.174. The van der Waals surface area contributed by atoms with Crippen LogP contribution >= 0.6 is 0 Å². The number of anilines is 1. The van der Waals surface area contributed by atoms with E-state index in [-0.39, 0.29) is 23.5 Å². The zero-order chi connectivity index (χ0) is 22.3. The van der Waals surface area contributed by atoms with Crippen molar-refractivity contribution in [2.75, 3.05) is 18.4 Å². The van der Waals surface area contributed by atoms with Gasteiger partial charge >= 0.3 is 0 Å². The number of hydrogen-bond acceptors (Lipinski definition) is 5. The molecule has 0 heterocycles. The molecule has 0 saturated carbocycles. The normalized spacial score (nSPS) is 11.9. The number of hydrogen-bond donors (Lipinski definition) is 2. The van der Waals surface area contributed by atoms with E-state index in [9.17, 15) is 13.2 Å². The summed E-state index contributed by atoms with van der Waals surface area (Å²) in [6, 6.07) is 21.9. The van der Waals surface area contributed by atoms with Gasteiger partial charge in [-0.3, -0.25) is 9.52 Å². The molecule has 0 spiro atoms.